The van der Waals surface area contributed by atoms with Gasteiger partial charge in [-0.25, -0.2) is 9.59 Å². The van der Waals surface area contributed by atoms with Crippen molar-refractivity contribution in [1.29, 1.82) is 0 Å². The number of imide groups is 1. The van der Waals surface area contributed by atoms with Crippen molar-refractivity contribution in [3.05, 3.63) is 34.2 Å². The first kappa shape index (κ1) is 24.0. The van der Waals surface area contributed by atoms with Gasteiger partial charge in [0.1, 0.15) is 6.04 Å². The van der Waals surface area contributed by atoms with Crippen LogP contribution in [0.1, 0.15) is 51.6 Å². The lowest BCUT2D eigenvalue weighted by atomic mass is 9.72. The molecule has 3 heterocycles. The average molecular weight is 473 g/mol. The second-order valence-corrected chi connectivity index (χ2v) is 10.3. The predicted molar refractivity (Wildman–Crippen MR) is 125 cm³/mol. The van der Waals surface area contributed by atoms with E-state index < -0.39 is 23.6 Å². The van der Waals surface area contributed by atoms with E-state index in [2.05, 4.69) is 5.32 Å². The molecular formula is C24H32N4O6. The summed E-state index contributed by atoms with van der Waals surface area (Å²) in [5.74, 6) is -0.794. The maximum atomic E-state index is 13.2. The summed E-state index contributed by atoms with van der Waals surface area (Å²) in [5, 5.41) is 11.9. The monoisotopic (exact) mass is 472 g/mol. The minimum atomic E-state index is -0.956. The number of carbonyl (C=O) groups excluding carboxylic acids is 2. The van der Waals surface area contributed by atoms with Gasteiger partial charge in [0, 0.05) is 20.0 Å². The molecule has 184 valence electrons. The summed E-state index contributed by atoms with van der Waals surface area (Å²) >= 11 is 0. The maximum Gasteiger partial charge on any atom is 0.407 e. The van der Waals surface area contributed by atoms with Crippen LogP contribution in [0.4, 0.5) is 4.79 Å². The molecule has 2 aliphatic heterocycles. The molecule has 0 aliphatic carbocycles. The van der Waals surface area contributed by atoms with Crippen molar-refractivity contribution in [1.82, 2.24) is 19.4 Å². The highest BCUT2D eigenvalue weighted by Gasteiger charge is 2.47. The standard InChI is InChI=1S/C24H32N4O6/c1-23(2,3)24(14-27(22(32)33)12-13-34-24)11-10-15-6-5-7-16-19(15)26(4)21(31)28(16)17-8-9-18(29)25-20(17)30/h5-7,17H,8-14H2,1-4H3,(H,32,33)(H,25,29,30)/t17-,24+/m1/s1. The number of aromatic nitrogens is 2. The van der Waals surface area contributed by atoms with E-state index in [0.29, 0.717) is 31.5 Å². The van der Waals surface area contributed by atoms with Crippen molar-refractivity contribution >= 4 is 28.9 Å². The van der Waals surface area contributed by atoms with Crippen LogP contribution in [0.25, 0.3) is 11.0 Å². The lowest BCUT2D eigenvalue weighted by molar-refractivity contribution is -0.162. The van der Waals surface area contributed by atoms with Crippen LogP contribution in [0.15, 0.2) is 23.0 Å². The quantitative estimate of drug-likeness (QED) is 0.657. The molecule has 2 aliphatic rings. The number of aryl methyl sites for hydroxylation is 2. The number of piperidine rings is 1. The molecule has 0 unspecified atom stereocenters. The van der Waals surface area contributed by atoms with Gasteiger partial charge in [-0.2, -0.15) is 0 Å². The summed E-state index contributed by atoms with van der Waals surface area (Å²) in [7, 11) is 1.68. The minimum Gasteiger partial charge on any atom is -0.465 e. The van der Waals surface area contributed by atoms with Gasteiger partial charge in [0.05, 0.1) is 29.8 Å². The number of nitrogens with zero attached hydrogens (tertiary/aromatic N) is 3. The number of hydrogen-bond donors (Lipinski definition) is 2. The zero-order valence-electron chi connectivity index (χ0n) is 20.1. The number of imidazole rings is 1. The third-order valence-corrected chi connectivity index (χ3v) is 7.33. The van der Waals surface area contributed by atoms with Gasteiger partial charge < -0.3 is 14.7 Å². The summed E-state index contributed by atoms with van der Waals surface area (Å²) in [5.41, 5.74) is 0.973. The number of morpholine rings is 1. The second kappa shape index (κ2) is 8.57. The van der Waals surface area contributed by atoms with Gasteiger partial charge in [-0.3, -0.25) is 24.0 Å². The molecule has 2 N–H and O–H groups in total. The second-order valence-electron chi connectivity index (χ2n) is 10.3. The molecule has 2 fully saturated rings. The largest absolute Gasteiger partial charge is 0.465 e. The highest BCUT2D eigenvalue weighted by Crippen LogP contribution is 2.40. The van der Waals surface area contributed by atoms with Crippen molar-refractivity contribution in [2.45, 2.75) is 58.1 Å². The zero-order chi connectivity index (χ0) is 24.8. The summed E-state index contributed by atoms with van der Waals surface area (Å²) < 4.78 is 9.28. The fraction of sp³-hybridized carbons (Fsp3) is 0.583. The molecule has 1 aromatic carbocycles. The van der Waals surface area contributed by atoms with Crippen LogP contribution >= 0.6 is 0 Å². The van der Waals surface area contributed by atoms with Gasteiger partial charge in [0.15, 0.2) is 0 Å². The molecular weight excluding hydrogens is 440 g/mol. The lowest BCUT2D eigenvalue weighted by Crippen LogP contribution is -2.59. The Labute approximate surface area is 197 Å². The molecule has 0 bridgehead atoms. The molecule has 4 rings (SSSR count). The number of rotatable bonds is 4. The van der Waals surface area contributed by atoms with Crippen LogP contribution in [0, 0.1) is 5.41 Å². The van der Waals surface area contributed by atoms with E-state index in [1.165, 1.54) is 9.47 Å². The van der Waals surface area contributed by atoms with Crippen molar-refractivity contribution in [2.75, 3.05) is 19.7 Å². The topological polar surface area (TPSA) is 123 Å². The number of hydrogen-bond acceptors (Lipinski definition) is 5. The Morgan fingerprint density at radius 1 is 1.26 bits per heavy atom. The number of nitrogens with one attached hydrogen (secondary N) is 1. The molecule has 34 heavy (non-hydrogen) atoms. The van der Waals surface area contributed by atoms with Crippen molar-refractivity contribution in [3.8, 4) is 0 Å². The third kappa shape index (κ3) is 4.00. The van der Waals surface area contributed by atoms with E-state index in [9.17, 15) is 24.3 Å². The molecule has 0 radical (unpaired) electrons. The number of benzene rings is 1. The summed E-state index contributed by atoms with van der Waals surface area (Å²) in [6.45, 7) is 7.10. The van der Waals surface area contributed by atoms with E-state index in [0.717, 1.165) is 11.1 Å². The number of fused-ring (bicyclic) bond motifs is 1. The van der Waals surface area contributed by atoms with Crippen molar-refractivity contribution in [2.24, 2.45) is 12.5 Å². The van der Waals surface area contributed by atoms with E-state index in [1.54, 1.807) is 11.6 Å². The van der Waals surface area contributed by atoms with Crippen molar-refractivity contribution in [3.63, 3.8) is 0 Å². The number of carboxylic acid groups (broad SMARTS) is 1. The Morgan fingerprint density at radius 3 is 2.65 bits per heavy atom. The zero-order valence-corrected chi connectivity index (χ0v) is 20.1. The minimum absolute atomic E-state index is 0.185. The van der Waals surface area contributed by atoms with Crippen LogP contribution in [0.2, 0.25) is 0 Å². The smallest absolute Gasteiger partial charge is 0.407 e. The fourth-order valence-electron chi connectivity index (χ4n) is 5.22. The Kier molecular flexibility index (Phi) is 6.05. The molecule has 10 heteroatoms. The Hall–Kier alpha value is -3.14. The van der Waals surface area contributed by atoms with Crippen LogP contribution in [0.3, 0.4) is 0 Å². The molecule has 2 saturated heterocycles. The Balaban J connectivity index is 1.70. The third-order valence-electron chi connectivity index (χ3n) is 7.33. The van der Waals surface area contributed by atoms with Gasteiger partial charge in [-0.1, -0.05) is 32.9 Å². The first-order valence-electron chi connectivity index (χ1n) is 11.6. The van der Waals surface area contributed by atoms with Crippen LogP contribution < -0.4 is 11.0 Å². The maximum absolute atomic E-state index is 13.2. The molecule has 1 aromatic heterocycles. The molecule has 3 amide bonds. The first-order valence-corrected chi connectivity index (χ1v) is 11.6. The van der Waals surface area contributed by atoms with Gasteiger partial charge in [0.25, 0.3) is 0 Å². The Morgan fingerprint density at radius 2 is 2.00 bits per heavy atom. The molecule has 0 spiro atoms. The van der Waals surface area contributed by atoms with E-state index in [-0.39, 0.29) is 36.4 Å². The van der Waals surface area contributed by atoms with Gasteiger partial charge in [0.2, 0.25) is 11.8 Å². The summed E-state index contributed by atoms with van der Waals surface area (Å²) in [6, 6.07) is 4.88. The van der Waals surface area contributed by atoms with Crippen molar-refractivity contribution < 1.29 is 24.2 Å². The number of amides is 3. The van der Waals surface area contributed by atoms with Gasteiger partial charge in [-0.05, 0) is 36.3 Å². The molecule has 10 nitrogen and oxygen atoms in total. The van der Waals surface area contributed by atoms with Crippen LogP contribution in [0.5, 0.6) is 0 Å². The van der Waals surface area contributed by atoms with Gasteiger partial charge >= 0.3 is 11.8 Å². The molecule has 2 aromatic rings. The molecule has 0 saturated carbocycles. The fourth-order valence-corrected chi connectivity index (χ4v) is 5.22. The lowest BCUT2D eigenvalue weighted by Gasteiger charge is -2.50. The number of carbonyl (C=O) groups is 3. The van der Waals surface area contributed by atoms with E-state index in [4.69, 9.17) is 4.74 Å². The number of ether oxygens (including phenoxy) is 1. The van der Waals surface area contributed by atoms with E-state index >= 15 is 0 Å². The highest BCUT2D eigenvalue weighted by atomic mass is 16.5. The molecule has 2 atom stereocenters. The average Bonchev–Trinajstić information content (AvgIpc) is 3.02. The van der Waals surface area contributed by atoms with Crippen LogP contribution in [-0.2, 0) is 27.8 Å². The highest BCUT2D eigenvalue weighted by molar-refractivity contribution is 6.00. The normalized spacial score (nSPS) is 23.9. The first-order chi connectivity index (χ1) is 15.9. The summed E-state index contributed by atoms with van der Waals surface area (Å²) in [4.78, 5) is 50.3. The Bertz CT molecular complexity index is 1210. The van der Waals surface area contributed by atoms with E-state index in [1.807, 2.05) is 39.0 Å². The number of para-hydroxylation sites is 1. The SMILES string of the molecule is Cn1c(=O)n([C@@H]2CCC(=O)NC2=O)c2cccc(CC[C@@]3(C(C)(C)C)CN(C(=O)O)CCO3)c21. The summed E-state index contributed by atoms with van der Waals surface area (Å²) in [6.07, 6.45) is 0.638. The predicted octanol–water partition coefficient (Wildman–Crippen LogP) is 2.05. The van der Waals surface area contributed by atoms with Crippen LogP contribution in [-0.4, -0.2) is 62.3 Å². The van der Waals surface area contributed by atoms with Gasteiger partial charge in [-0.15, -0.1) is 0 Å².